The van der Waals surface area contributed by atoms with Crippen LogP contribution in [0.4, 0.5) is 4.39 Å². The van der Waals surface area contributed by atoms with Gasteiger partial charge in [-0.1, -0.05) is 23.9 Å². The van der Waals surface area contributed by atoms with E-state index in [0.717, 1.165) is 34.6 Å². The van der Waals surface area contributed by atoms with Gasteiger partial charge in [-0.05, 0) is 48.9 Å². The van der Waals surface area contributed by atoms with Crippen molar-refractivity contribution in [3.8, 4) is 11.5 Å². The Morgan fingerprint density at radius 3 is 2.62 bits per heavy atom. The minimum atomic E-state index is -0.287. The topological polar surface area (TPSA) is 49.2 Å². The van der Waals surface area contributed by atoms with Crippen LogP contribution in [0.5, 0.6) is 11.5 Å². The Kier molecular flexibility index (Phi) is 6.12. The van der Waals surface area contributed by atoms with Gasteiger partial charge in [-0.3, -0.25) is 0 Å². The van der Waals surface area contributed by atoms with Crippen LogP contribution in [-0.2, 0) is 18.9 Å². The van der Waals surface area contributed by atoms with Crippen LogP contribution in [0.2, 0.25) is 0 Å². The number of nitrogens with zero attached hydrogens (tertiary/aromatic N) is 3. The summed E-state index contributed by atoms with van der Waals surface area (Å²) in [6.45, 7) is 3.07. The van der Waals surface area contributed by atoms with Crippen LogP contribution in [0, 0.1) is 5.82 Å². The summed E-state index contributed by atoms with van der Waals surface area (Å²) in [6, 6.07) is 13.9. The predicted molar refractivity (Wildman–Crippen MR) is 99.0 cm³/mol. The van der Waals surface area contributed by atoms with E-state index in [1.165, 1.54) is 12.1 Å². The Hall–Kier alpha value is -2.54. The number of halogens is 1. The highest BCUT2D eigenvalue weighted by molar-refractivity contribution is 7.98. The van der Waals surface area contributed by atoms with Crippen molar-refractivity contribution >= 4 is 11.8 Å². The molecular formula is C19H20FN3O2S. The average Bonchev–Trinajstić information content (AvgIpc) is 3.08. The zero-order chi connectivity index (χ0) is 18.4. The molecule has 0 radical (unpaired) electrons. The number of ether oxygens (including phenoxy) is 2. The Morgan fingerprint density at radius 1 is 1.08 bits per heavy atom. The van der Waals surface area contributed by atoms with Gasteiger partial charge in [0.05, 0.1) is 7.11 Å². The van der Waals surface area contributed by atoms with Crippen molar-refractivity contribution in [1.82, 2.24) is 14.8 Å². The largest absolute Gasteiger partial charge is 0.497 e. The van der Waals surface area contributed by atoms with Crippen LogP contribution >= 0.6 is 11.8 Å². The molecule has 7 heteroatoms. The van der Waals surface area contributed by atoms with Crippen LogP contribution in [0.1, 0.15) is 18.3 Å². The predicted octanol–water partition coefficient (Wildman–Crippen LogP) is 4.32. The van der Waals surface area contributed by atoms with Gasteiger partial charge < -0.3 is 14.0 Å². The van der Waals surface area contributed by atoms with Crippen LogP contribution < -0.4 is 9.47 Å². The third-order valence-corrected chi connectivity index (χ3v) is 4.83. The van der Waals surface area contributed by atoms with Crippen LogP contribution in [0.3, 0.4) is 0 Å². The molecule has 136 valence electrons. The molecular weight excluding hydrogens is 353 g/mol. The molecule has 0 aliphatic heterocycles. The van der Waals surface area contributed by atoms with Crippen LogP contribution in [-0.4, -0.2) is 21.9 Å². The lowest BCUT2D eigenvalue weighted by Gasteiger charge is -2.09. The molecule has 0 atom stereocenters. The number of hydrogen-bond donors (Lipinski definition) is 0. The van der Waals surface area contributed by atoms with Gasteiger partial charge in [0.1, 0.15) is 23.9 Å². The highest BCUT2D eigenvalue weighted by Crippen LogP contribution is 2.24. The maximum absolute atomic E-state index is 13.0. The van der Waals surface area contributed by atoms with Gasteiger partial charge in [-0.15, -0.1) is 10.2 Å². The summed E-state index contributed by atoms with van der Waals surface area (Å²) >= 11 is 1.62. The van der Waals surface area contributed by atoms with Gasteiger partial charge in [0.2, 0.25) is 0 Å². The van der Waals surface area contributed by atoms with Gasteiger partial charge in [0, 0.05) is 12.3 Å². The van der Waals surface area contributed by atoms with Crippen molar-refractivity contribution in [3.63, 3.8) is 0 Å². The molecule has 0 aliphatic carbocycles. The summed E-state index contributed by atoms with van der Waals surface area (Å²) in [7, 11) is 1.66. The zero-order valence-corrected chi connectivity index (χ0v) is 15.5. The van der Waals surface area contributed by atoms with E-state index in [1.54, 1.807) is 31.0 Å². The normalized spacial score (nSPS) is 10.7. The number of aromatic nitrogens is 3. The molecule has 0 saturated carbocycles. The standard InChI is InChI=1S/C19H20FN3O2S/c1-3-23-18(12-25-16-9-7-15(20)8-10-16)21-22-19(23)26-13-14-5-4-6-17(11-14)24-2/h4-11H,3,12-13H2,1-2H3. The maximum atomic E-state index is 13.0. The average molecular weight is 373 g/mol. The van der Waals surface area contributed by atoms with E-state index in [1.807, 2.05) is 29.7 Å². The van der Waals surface area contributed by atoms with E-state index >= 15 is 0 Å². The molecule has 3 rings (SSSR count). The molecule has 2 aromatic carbocycles. The highest BCUT2D eigenvalue weighted by atomic mass is 32.2. The second-order valence-electron chi connectivity index (χ2n) is 5.53. The Labute approximate surface area is 156 Å². The molecule has 0 bridgehead atoms. The number of thioether (sulfide) groups is 1. The fourth-order valence-electron chi connectivity index (χ4n) is 2.44. The molecule has 1 aromatic heterocycles. The van der Waals surface area contributed by atoms with Crippen molar-refractivity contribution in [2.45, 2.75) is 31.0 Å². The van der Waals surface area contributed by atoms with E-state index < -0.39 is 0 Å². The first-order chi connectivity index (χ1) is 12.7. The third-order valence-electron chi connectivity index (χ3n) is 3.79. The summed E-state index contributed by atoms with van der Waals surface area (Å²) in [6.07, 6.45) is 0. The summed E-state index contributed by atoms with van der Waals surface area (Å²) in [4.78, 5) is 0. The molecule has 0 N–H and O–H groups in total. The van der Waals surface area contributed by atoms with E-state index in [-0.39, 0.29) is 12.4 Å². The van der Waals surface area contributed by atoms with Crippen molar-refractivity contribution in [1.29, 1.82) is 0 Å². The number of rotatable bonds is 8. The number of benzene rings is 2. The first-order valence-corrected chi connectivity index (χ1v) is 9.24. The van der Waals surface area contributed by atoms with Gasteiger partial charge in [0.25, 0.3) is 0 Å². The fraction of sp³-hybridized carbons (Fsp3) is 0.263. The van der Waals surface area contributed by atoms with E-state index in [4.69, 9.17) is 9.47 Å². The fourth-order valence-corrected chi connectivity index (χ4v) is 3.40. The summed E-state index contributed by atoms with van der Waals surface area (Å²) in [5.41, 5.74) is 1.16. The van der Waals surface area contributed by atoms with Crippen molar-refractivity contribution < 1.29 is 13.9 Å². The quantitative estimate of drug-likeness (QED) is 0.551. The lowest BCUT2D eigenvalue weighted by Crippen LogP contribution is -2.07. The lowest BCUT2D eigenvalue weighted by molar-refractivity contribution is 0.288. The van der Waals surface area contributed by atoms with Crippen molar-refractivity contribution in [2.24, 2.45) is 0 Å². The zero-order valence-electron chi connectivity index (χ0n) is 14.7. The summed E-state index contributed by atoms with van der Waals surface area (Å²) < 4.78 is 25.9. The number of hydrogen-bond acceptors (Lipinski definition) is 5. The number of methoxy groups -OCH3 is 1. The smallest absolute Gasteiger partial charge is 0.191 e. The molecule has 0 amide bonds. The molecule has 0 saturated heterocycles. The maximum Gasteiger partial charge on any atom is 0.191 e. The van der Waals surface area contributed by atoms with Gasteiger partial charge in [0.15, 0.2) is 11.0 Å². The van der Waals surface area contributed by atoms with Crippen molar-refractivity contribution in [3.05, 3.63) is 65.7 Å². The molecule has 0 spiro atoms. The Balaban J connectivity index is 1.64. The highest BCUT2D eigenvalue weighted by Gasteiger charge is 2.12. The minimum Gasteiger partial charge on any atom is -0.497 e. The van der Waals surface area contributed by atoms with E-state index in [2.05, 4.69) is 16.3 Å². The first kappa shape index (κ1) is 18.3. The van der Waals surface area contributed by atoms with Crippen LogP contribution in [0.25, 0.3) is 0 Å². The van der Waals surface area contributed by atoms with E-state index in [9.17, 15) is 4.39 Å². The monoisotopic (exact) mass is 373 g/mol. The van der Waals surface area contributed by atoms with Gasteiger partial charge in [-0.2, -0.15) is 0 Å². The Morgan fingerprint density at radius 2 is 1.88 bits per heavy atom. The second kappa shape index (κ2) is 8.71. The molecule has 1 heterocycles. The lowest BCUT2D eigenvalue weighted by atomic mass is 10.2. The van der Waals surface area contributed by atoms with Crippen LogP contribution in [0.15, 0.2) is 53.7 Å². The minimum absolute atomic E-state index is 0.284. The Bertz CT molecular complexity index is 852. The third kappa shape index (κ3) is 4.54. The molecule has 0 fully saturated rings. The summed E-state index contributed by atoms with van der Waals surface area (Å²) in [5.74, 6) is 2.67. The SMILES string of the molecule is CCn1c(COc2ccc(F)cc2)nnc1SCc1cccc(OC)c1. The molecule has 0 aliphatic rings. The molecule has 5 nitrogen and oxygen atoms in total. The van der Waals surface area contributed by atoms with Gasteiger partial charge >= 0.3 is 0 Å². The molecule has 3 aromatic rings. The summed E-state index contributed by atoms with van der Waals surface area (Å²) in [5, 5.41) is 9.35. The second-order valence-corrected chi connectivity index (χ2v) is 6.47. The van der Waals surface area contributed by atoms with Gasteiger partial charge in [-0.25, -0.2) is 4.39 Å². The van der Waals surface area contributed by atoms with E-state index in [0.29, 0.717) is 5.75 Å². The van der Waals surface area contributed by atoms with Crippen molar-refractivity contribution in [2.75, 3.05) is 7.11 Å². The molecule has 26 heavy (non-hydrogen) atoms. The molecule has 0 unspecified atom stereocenters. The first-order valence-electron chi connectivity index (χ1n) is 8.25.